The van der Waals surface area contributed by atoms with Gasteiger partial charge in [-0.1, -0.05) is 30.3 Å². The number of benzene rings is 2. The van der Waals surface area contributed by atoms with Gasteiger partial charge in [0.2, 0.25) is 0 Å². The van der Waals surface area contributed by atoms with Gasteiger partial charge in [-0.25, -0.2) is 0 Å². The van der Waals surface area contributed by atoms with E-state index in [0.717, 1.165) is 37.2 Å². The summed E-state index contributed by atoms with van der Waals surface area (Å²) in [6, 6.07) is 18.1. The van der Waals surface area contributed by atoms with E-state index < -0.39 is 0 Å². The summed E-state index contributed by atoms with van der Waals surface area (Å²) in [5.41, 5.74) is 3.06. The van der Waals surface area contributed by atoms with E-state index in [-0.39, 0.29) is 5.91 Å². The van der Waals surface area contributed by atoms with Crippen molar-refractivity contribution in [3.8, 4) is 0 Å². The van der Waals surface area contributed by atoms with E-state index in [2.05, 4.69) is 12.1 Å². The van der Waals surface area contributed by atoms with Crippen LogP contribution in [0.25, 0.3) is 0 Å². The van der Waals surface area contributed by atoms with Crippen LogP contribution in [0.5, 0.6) is 0 Å². The lowest BCUT2D eigenvalue weighted by Crippen LogP contribution is -2.41. The predicted molar refractivity (Wildman–Crippen MR) is 105 cm³/mol. The highest BCUT2D eigenvalue weighted by Crippen LogP contribution is 2.20. The zero-order valence-electron chi connectivity index (χ0n) is 15.7. The van der Waals surface area contributed by atoms with E-state index in [0.29, 0.717) is 19.1 Å². The Morgan fingerprint density at radius 1 is 1.12 bits per heavy atom. The summed E-state index contributed by atoms with van der Waals surface area (Å²) in [5, 5.41) is 0. The van der Waals surface area contributed by atoms with Crippen LogP contribution >= 0.6 is 0 Å². The van der Waals surface area contributed by atoms with Gasteiger partial charge in [0.1, 0.15) is 0 Å². The van der Waals surface area contributed by atoms with Crippen molar-refractivity contribution in [1.29, 1.82) is 0 Å². The van der Waals surface area contributed by atoms with Crippen LogP contribution in [0.1, 0.15) is 28.8 Å². The monoisotopic (exact) mass is 352 g/mol. The number of hydrogen-bond acceptors (Lipinski definition) is 3. The molecule has 1 atom stereocenters. The van der Waals surface area contributed by atoms with Gasteiger partial charge in [0.05, 0.1) is 13.2 Å². The molecule has 1 fully saturated rings. The van der Waals surface area contributed by atoms with Gasteiger partial charge in [-0.05, 0) is 48.6 Å². The molecule has 0 N–H and O–H groups in total. The molecule has 0 spiro atoms. The van der Waals surface area contributed by atoms with Crippen LogP contribution in [-0.2, 0) is 11.3 Å². The fourth-order valence-electron chi connectivity index (χ4n) is 3.39. The third-order valence-electron chi connectivity index (χ3n) is 4.90. The van der Waals surface area contributed by atoms with Crippen molar-refractivity contribution in [1.82, 2.24) is 4.90 Å². The summed E-state index contributed by atoms with van der Waals surface area (Å²) in [6.45, 7) is 2.96. The van der Waals surface area contributed by atoms with Gasteiger partial charge in [0.15, 0.2) is 0 Å². The van der Waals surface area contributed by atoms with E-state index in [4.69, 9.17) is 4.74 Å². The number of amides is 1. The van der Waals surface area contributed by atoms with Gasteiger partial charge in [0.25, 0.3) is 5.91 Å². The summed E-state index contributed by atoms with van der Waals surface area (Å²) < 4.78 is 5.89. The van der Waals surface area contributed by atoms with E-state index >= 15 is 0 Å². The fourth-order valence-corrected chi connectivity index (χ4v) is 3.39. The van der Waals surface area contributed by atoms with Crippen LogP contribution in [0, 0.1) is 5.92 Å². The Bertz CT molecular complexity index is 698. The summed E-state index contributed by atoms with van der Waals surface area (Å²) in [7, 11) is 4.00. The quantitative estimate of drug-likeness (QED) is 0.792. The van der Waals surface area contributed by atoms with Crippen molar-refractivity contribution < 1.29 is 9.53 Å². The van der Waals surface area contributed by atoms with Crippen molar-refractivity contribution in [2.45, 2.75) is 19.4 Å². The minimum absolute atomic E-state index is 0.128. The van der Waals surface area contributed by atoms with Crippen molar-refractivity contribution >= 4 is 11.6 Å². The Morgan fingerprint density at radius 3 is 2.54 bits per heavy atom. The van der Waals surface area contributed by atoms with Crippen LogP contribution in [0.3, 0.4) is 0 Å². The van der Waals surface area contributed by atoms with Gasteiger partial charge in [-0.2, -0.15) is 0 Å². The molecule has 0 saturated carbocycles. The molecule has 1 aliphatic heterocycles. The molecule has 2 aromatic carbocycles. The molecule has 0 radical (unpaired) electrons. The first kappa shape index (κ1) is 18.5. The molecule has 1 aliphatic rings. The van der Waals surface area contributed by atoms with Crippen LogP contribution in [0.4, 0.5) is 5.69 Å². The standard InChI is InChI=1S/C22H28N2O2/c1-23(2)21-12-10-20(11-13-21)22(25)24-14-6-9-19(15-24)17-26-16-18-7-4-3-5-8-18/h3-5,7-8,10-13,19H,6,9,14-17H2,1-2H3. The van der Waals surface area contributed by atoms with E-state index in [1.807, 2.05) is 66.4 Å². The molecule has 3 rings (SSSR count). The second-order valence-electron chi connectivity index (χ2n) is 7.20. The third-order valence-corrected chi connectivity index (χ3v) is 4.90. The van der Waals surface area contributed by atoms with Crippen LogP contribution in [0.2, 0.25) is 0 Å². The Morgan fingerprint density at radius 2 is 1.85 bits per heavy atom. The number of carbonyl (C=O) groups excluding carboxylic acids is 1. The lowest BCUT2D eigenvalue weighted by Gasteiger charge is -2.32. The van der Waals surface area contributed by atoms with E-state index in [1.165, 1.54) is 5.56 Å². The Labute approximate surface area is 156 Å². The molecule has 138 valence electrons. The number of rotatable bonds is 6. The molecular formula is C22H28N2O2. The Hall–Kier alpha value is -2.33. The zero-order chi connectivity index (χ0) is 18.4. The lowest BCUT2D eigenvalue weighted by molar-refractivity contribution is 0.0425. The summed E-state index contributed by atoms with van der Waals surface area (Å²) in [6.07, 6.45) is 2.17. The summed E-state index contributed by atoms with van der Waals surface area (Å²) in [5.74, 6) is 0.542. The number of ether oxygens (including phenoxy) is 1. The highest BCUT2D eigenvalue weighted by atomic mass is 16.5. The van der Waals surface area contributed by atoms with E-state index in [1.54, 1.807) is 0 Å². The minimum atomic E-state index is 0.128. The maximum Gasteiger partial charge on any atom is 0.253 e. The van der Waals surface area contributed by atoms with Gasteiger partial charge in [0, 0.05) is 38.4 Å². The Balaban J connectivity index is 1.51. The number of nitrogens with zero attached hydrogens (tertiary/aromatic N) is 2. The van der Waals surface area contributed by atoms with Crippen LogP contribution in [-0.4, -0.2) is 44.6 Å². The molecule has 4 heteroatoms. The number of hydrogen-bond donors (Lipinski definition) is 0. The highest BCUT2D eigenvalue weighted by Gasteiger charge is 2.24. The number of likely N-dealkylation sites (tertiary alicyclic amines) is 1. The molecule has 0 bridgehead atoms. The predicted octanol–water partition coefficient (Wildman–Crippen LogP) is 3.82. The molecule has 4 nitrogen and oxygen atoms in total. The second kappa shape index (κ2) is 8.86. The molecule has 1 heterocycles. The van der Waals surface area contributed by atoms with Crippen molar-refractivity contribution in [3.05, 3.63) is 65.7 Å². The molecule has 0 aromatic heterocycles. The van der Waals surface area contributed by atoms with Gasteiger partial charge in [-0.15, -0.1) is 0 Å². The first-order valence-corrected chi connectivity index (χ1v) is 9.32. The smallest absolute Gasteiger partial charge is 0.253 e. The van der Waals surface area contributed by atoms with Gasteiger partial charge in [-0.3, -0.25) is 4.79 Å². The molecule has 1 amide bonds. The maximum atomic E-state index is 12.8. The van der Waals surface area contributed by atoms with Crippen molar-refractivity contribution in [2.24, 2.45) is 5.92 Å². The molecule has 1 unspecified atom stereocenters. The largest absolute Gasteiger partial charge is 0.378 e. The average molecular weight is 352 g/mol. The SMILES string of the molecule is CN(C)c1ccc(C(=O)N2CCCC(COCc3ccccc3)C2)cc1. The average Bonchev–Trinajstić information content (AvgIpc) is 2.68. The number of anilines is 1. The third kappa shape index (κ3) is 4.85. The molecule has 0 aliphatic carbocycles. The zero-order valence-corrected chi connectivity index (χ0v) is 15.7. The normalized spacial score (nSPS) is 17.2. The van der Waals surface area contributed by atoms with E-state index in [9.17, 15) is 4.79 Å². The second-order valence-corrected chi connectivity index (χ2v) is 7.20. The van der Waals surface area contributed by atoms with Gasteiger partial charge < -0.3 is 14.5 Å². The fraction of sp³-hybridized carbons (Fsp3) is 0.409. The summed E-state index contributed by atoms with van der Waals surface area (Å²) in [4.78, 5) is 16.8. The number of piperidine rings is 1. The highest BCUT2D eigenvalue weighted by molar-refractivity contribution is 5.94. The minimum Gasteiger partial charge on any atom is -0.378 e. The number of carbonyl (C=O) groups is 1. The lowest BCUT2D eigenvalue weighted by atomic mass is 9.98. The Kier molecular flexibility index (Phi) is 6.29. The topological polar surface area (TPSA) is 32.8 Å². The molecule has 26 heavy (non-hydrogen) atoms. The first-order valence-electron chi connectivity index (χ1n) is 9.32. The first-order chi connectivity index (χ1) is 12.6. The molecular weight excluding hydrogens is 324 g/mol. The maximum absolute atomic E-state index is 12.8. The molecule has 2 aromatic rings. The van der Waals surface area contributed by atoms with Crippen molar-refractivity contribution in [3.63, 3.8) is 0 Å². The summed E-state index contributed by atoms with van der Waals surface area (Å²) >= 11 is 0. The van der Waals surface area contributed by atoms with Crippen LogP contribution in [0.15, 0.2) is 54.6 Å². The molecule has 1 saturated heterocycles. The van der Waals surface area contributed by atoms with Crippen LogP contribution < -0.4 is 4.90 Å². The van der Waals surface area contributed by atoms with Gasteiger partial charge >= 0.3 is 0 Å². The van der Waals surface area contributed by atoms with Crippen molar-refractivity contribution in [2.75, 3.05) is 38.7 Å².